The highest BCUT2D eigenvalue weighted by Gasteiger charge is 2.15. The molecule has 0 amide bonds. The second-order valence-electron chi connectivity index (χ2n) is 3.39. The maximum absolute atomic E-state index is 5.49. The van der Waals surface area contributed by atoms with E-state index in [4.69, 9.17) is 10.5 Å². The normalized spacial score (nSPS) is 23.3. The number of imidazole rings is 1. The number of rotatable bonds is 2. The van der Waals surface area contributed by atoms with Crippen molar-refractivity contribution in [3.8, 4) is 0 Å². The fourth-order valence-electron chi connectivity index (χ4n) is 1.64. The molecule has 1 atom stereocenters. The Balaban J connectivity index is 2.05. The van der Waals surface area contributed by atoms with Crippen LogP contribution in [0.3, 0.4) is 0 Å². The van der Waals surface area contributed by atoms with Crippen molar-refractivity contribution in [3.63, 3.8) is 0 Å². The van der Waals surface area contributed by atoms with Crippen molar-refractivity contribution < 1.29 is 4.74 Å². The Morgan fingerprint density at radius 2 is 2.62 bits per heavy atom. The Labute approximate surface area is 77.7 Å². The van der Waals surface area contributed by atoms with Gasteiger partial charge in [-0.3, -0.25) is 0 Å². The molecule has 2 rings (SSSR count). The molecule has 0 saturated carbocycles. The molecule has 1 unspecified atom stereocenters. The molecule has 0 bridgehead atoms. The van der Waals surface area contributed by atoms with Crippen molar-refractivity contribution >= 4 is 0 Å². The van der Waals surface area contributed by atoms with Gasteiger partial charge in [0.25, 0.3) is 0 Å². The SMILES string of the molecule is NCc1cn(C2CCCOC2)cn1. The van der Waals surface area contributed by atoms with Crippen LogP contribution in [0.5, 0.6) is 0 Å². The summed E-state index contributed by atoms with van der Waals surface area (Å²) in [6.45, 7) is 2.22. The minimum Gasteiger partial charge on any atom is -0.379 e. The number of hydrogen-bond acceptors (Lipinski definition) is 3. The number of hydrogen-bond donors (Lipinski definition) is 1. The third-order valence-corrected chi connectivity index (χ3v) is 2.42. The zero-order chi connectivity index (χ0) is 9.10. The first-order valence-electron chi connectivity index (χ1n) is 4.70. The Morgan fingerprint density at radius 3 is 3.23 bits per heavy atom. The van der Waals surface area contributed by atoms with Crippen LogP contribution in [0.15, 0.2) is 12.5 Å². The van der Waals surface area contributed by atoms with E-state index in [1.165, 1.54) is 6.42 Å². The third-order valence-electron chi connectivity index (χ3n) is 2.42. The lowest BCUT2D eigenvalue weighted by Crippen LogP contribution is -2.20. The van der Waals surface area contributed by atoms with Gasteiger partial charge >= 0.3 is 0 Å². The van der Waals surface area contributed by atoms with Gasteiger partial charge in [-0.15, -0.1) is 0 Å². The molecule has 2 N–H and O–H groups in total. The van der Waals surface area contributed by atoms with Gasteiger partial charge in [0, 0.05) is 19.3 Å². The fourth-order valence-corrected chi connectivity index (χ4v) is 1.64. The van der Waals surface area contributed by atoms with E-state index in [0.29, 0.717) is 12.6 Å². The summed E-state index contributed by atoms with van der Waals surface area (Å²) in [7, 11) is 0. The molecule has 0 aliphatic carbocycles. The smallest absolute Gasteiger partial charge is 0.0953 e. The van der Waals surface area contributed by atoms with Crippen LogP contribution in [-0.4, -0.2) is 22.8 Å². The predicted octanol–water partition coefficient (Wildman–Crippen LogP) is 0.693. The quantitative estimate of drug-likeness (QED) is 0.730. The Morgan fingerprint density at radius 1 is 1.69 bits per heavy atom. The molecule has 1 aliphatic rings. The van der Waals surface area contributed by atoms with Crippen LogP contribution in [-0.2, 0) is 11.3 Å². The van der Waals surface area contributed by atoms with Gasteiger partial charge in [-0.2, -0.15) is 0 Å². The summed E-state index contributed by atoms with van der Waals surface area (Å²) in [5.74, 6) is 0. The Bertz CT molecular complexity index is 266. The van der Waals surface area contributed by atoms with E-state index in [1.54, 1.807) is 0 Å². The summed E-state index contributed by atoms with van der Waals surface area (Å²) < 4.78 is 7.51. The molecule has 1 aliphatic heterocycles. The molecular weight excluding hydrogens is 166 g/mol. The van der Waals surface area contributed by atoms with Crippen molar-refractivity contribution in [1.29, 1.82) is 0 Å². The summed E-state index contributed by atoms with van der Waals surface area (Å²) >= 11 is 0. The minimum atomic E-state index is 0.460. The van der Waals surface area contributed by atoms with Crippen LogP contribution in [0.4, 0.5) is 0 Å². The van der Waals surface area contributed by atoms with Crippen LogP contribution < -0.4 is 5.73 Å². The molecule has 1 aromatic heterocycles. The zero-order valence-electron chi connectivity index (χ0n) is 7.65. The first kappa shape index (κ1) is 8.72. The highest BCUT2D eigenvalue weighted by atomic mass is 16.5. The van der Waals surface area contributed by atoms with E-state index < -0.39 is 0 Å². The highest BCUT2D eigenvalue weighted by molar-refractivity contribution is 4.97. The fraction of sp³-hybridized carbons (Fsp3) is 0.667. The molecule has 0 aromatic carbocycles. The topological polar surface area (TPSA) is 53.1 Å². The first-order valence-corrected chi connectivity index (χ1v) is 4.70. The standard InChI is InChI=1S/C9H15N3O/c10-4-8-5-12(7-11-8)9-2-1-3-13-6-9/h5,7,9H,1-4,6,10H2. The molecule has 72 valence electrons. The molecule has 1 aromatic rings. The molecule has 4 heteroatoms. The van der Waals surface area contributed by atoms with Gasteiger partial charge in [0.1, 0.15) is 0 Å². The maximum Gasteiger partial charge on any atom is 0.0953 e. The summed E-state index contributed by atoms with van der Waals surface area (Å²) in [6, 6.07) is 0.460. The third kappa shape index (κ3) is 1.89. The van der Waals surface area contributed by atoms with E-state index in [1.807, 2.05) is 12.5 Å². The molecule has 13 heavy (non-hydrogen) atoms. The van der Waals surface area contributed by atoms with Crippen molar-refractivity contribution in [1.82, 2.24) is 9.55 Å². The van der Waals surface area contributed by atoms with E-state index in [-0.39, 0.29) is 0 Å². The summed E-state index contributed by atoms with van der Waals surface area (Å²) in [5, 5.41) is 0. The predicted molar refractivity (Wildman–Crippen MR) is 49.2 cm³/mol. The van der Waals surface area contributed by atoms with Crippen molar-refractivity contribution in [3.05, 3.63) is 18.2 Å². The van der Waals surface area contributed by atoms with E-state index in [2.05, 4.69) is 9.55 Å². The van der Waals surface area contributed by atoms with E-state index in [9.17, 15) is 0 Å². The molecule has 1 fully saturated rings. The van der Waals surface area contributed by atoms with Crippen LogP contribution in [0.25, 0.3) is 0 Å². The largest absolute Gasteiger partial charge is 0.379 e. The molecule has 4 nitrogen and oxygen atoms in total. The summed E-state index contributed by atoms with van der Waals surface area (Å²) in [6.07, 6.45) is 6.18. The van der Waals surface area contributed by atoms with Gasteiger partial charge in [-0.05, 0) is 12.8 Å². The molecule has 0 radical (unpaired) electrons. The molecule has 1 saturated heterocycles. The molecule has 2 heterocycles. The van der Waals surface area contributed by atoms with Gasteiger partial charge in [-0.25, -0.2) is 4.98 Å². The second kappa shape index (κ2) is 3.89. The lowest BCUT2D eigenvalue weighted by atomic mass is 10.1. The van der Waals surface area contributed by atoms with Gasteiger partial charge in [-0.1, -0.05) is 0 Å². The number of nitrogens with two attached hydrogens (primary N) is 1. The van der Waals surface area contributed by atoms with Crippen LogP contribution >= 0.6 is 0 Å². The number of ether oxygens (including phenoxy) is 1. The number of nitrogens with zero attached hydrogens (tertiary/aromatic N) is 2. The lowest BCUT2D eigenvalue weighted by molar-refractivity contribution is 0.0591. The Hall–Kier alpha value is -0.870. The molecule has 0 spiro atoms. The minimum absolute atomic E-state index is 0.460. The molecular formula is C9H15N3O. The van der Waals surface area contributed by atoms with Gasteiger partial charge < -0.3 is 15.0 Å². The average molecular weight is 181 g/mol. The van der Waals surface area contributed by atoms with Crippen LogP contribution in [0.1, 0.15) is 24.6 Å². The van der Waals surface area contributed by atoms with E-state index in [0.717, 1.165) is 25.3 Å². The van der Waals surface area contributed by atoms with Crippen molar-refractivity contribution in [2.24, 2.45) is 5.73 Å². The maximum atomic E-state index is 5.49. The lowest BCUT2D eigenvalue weighted by Gasteiger charge is -2.22. The monoisotopic (exact) mass is 181 g/mol. The van der Waals surface area contributed by atoms with Crippen LogP contribution in [0.2, 0.25) is 0 Å². The zero-order valence-corrected chi connectivity index (χ0v) is 7.65. The average Bonchev–Trinajstić information content (AvgIpc) is 2.67. The van der Waals surface area contributed by atoms with Gasteiger partial charge in [0.2, 0.25) is 0 Å². The van der Waals surface area contributed by atoms with Gasteiger partial charge in [0.15, 0.2) is 0 Å². The summed E-state index contributed by atoms with van der Waals surface area (Å²) in [5.41, 5.74) is 6.44. The second-order valence-corrected chi connectivity index (χ2v) is 3.39. The Kier molecular flexibility index (Phi) is 2.61. The van der Waals surface area contributed by atoms with Crippen molar-refractivity contribution in [2.45, 2.75) is 25.4 Å². The summed E-state index contributed by atoms with van der Waals surface area (Å²) in [4.78, 5) is 4.19. The van der Waals surface area contributed by atoms with Gasteiger partial charge in [0.05, 0.1) is 24.7 Å². The highest BCUT2D eigenvalue weighted by Crippen LogP contribution is 2.19. The number of aromatic nitrogens is 2. The van der Waals surface area contributed by atoms with Crippen LogP contribution in [0, 0.1) is 0 Å². The van der Waals surface area contributed by atoms with E-state index >= 15 is 0 Å². The van der Waals surface area contributed by atoms with Crippen molar-refractivity contribution in [2.75, 3.05) is 13.2 Å². The first-order chi connectivity index (χ1) is 6.40.